The first kappa shape index (κ1) is 12.5. The second-order valence-corrected chi connectivity index (χ2v) is 4.68. The second-order valence-electron chi connectivity index (χ2n) is 4.68. The van der Waals surface area contributed by atoms with Crippen LogP contribution < -0.4 is 4.74 Å². The van der Waals surface area contributed by atoms with Gasteiger partial charge in [-0.25, -0.2) is 4.79 Å². The average molecular weight is 266 g/mol. The maximum atomic E-state index is 10.9. The summed E-state index contributed by atoms with van der Waals surface area (Å²) in [5.41, 5.74) is 3.86. The molecule has 0 saturated heterocycles. The number of hydrogen-bond donors (Lipinski definition) is 1. The summed E-state index contributed by atoms with van der Waals surface area (Å²) in [6.07, 6.45) is 1.90. The van der Waals surface area contributed by atoms with Gasteiger partial charge < -0.3 is 9.84 Å². The quantitative estimate of drug-likeness (QED) is 0.845. The van der Waals surface area contributed by atoms with Crippen molar-refractivity contribution in [3.63, 3.8) is 0 Å². The van der Waals surface area contributed by atoms with Gasteiger partial charge in [0.25, 0.3) is 0 Å². The van der Waals surface area contributed by atoms with Crippen LogP contribution in [-0.2, 0) is 4.79 Å². The van der Waals surface area contributed by atoms with Gasteiger partial charge in [0.05, 0.1) is 6.61 Å². The molecule has 0 unspecified atom stereocenters. The average Bonchev–Trinajstić information content (AvgIpc) is 2.47. The summed E-state index contributed by atoms with van der Waals surface area (Å²) < 4.78 is 5.59. The van der Waals surface area contributed by atoms with Crippen LogP contribution in [0.5, 0.6) is 5.75 Å². The van der Waals surface area contributed by atoms with Gasteiger partial charge in [0.2, 0.25) is 0 Å². The Morgan fingerprint density at radius 3 is 2.65 bits per heavy atom. The van der Waals surface area contributed by atoms with Gasteiger partial charge in [0, 0.05) is 18.1 Å². The van der Waals surface area contributed by atoms with Crippen molar-refractivity contribution in [2.24, 2.45) is 0 Å². The fourth-order valence-corrected chi connectivity index (χ4v) is 2.42. The van der Waals surface area contributed by atoms with Crippen molar-refractivity contribution < 1.29 is 14.6 Å². The van der Waals surface area contributed by atoms with Gasteiger partial charge in [-0.15, -0.1) is 0 Å². The van der Waals surface area contributed by atoms with Gasteiger partial charge in [-0.3, -0.25) is 0 Å². The van der Waals surface area contributed by atoms with Crippen LogP contribution in [0.25, 0.3) is 16.7 Å². The molecule has 0 aliphatic carbocycles. The van der Waals surface area contributed by atoms with Crippen molar-refractivity contribution in [3.8, 4) is 16.9 Å². The van der Waals surface area contributed by atoms with E-state index >= 15 is 0 Å². The van der Waals surface area contributed by atoms with Crippen LogP contribution in [0.4, 0.5) is 0 Å². The third-order valence-corrected chi connectivity index (χ3v) is 3.36. The number of benzene rings is 2. The lowest BCUT2D eigenvalue weighted by Crippen LogP contribution is -2.09. The van der Waals surface area contributed by atoms with Crippen LogP contribution in [-0.4, -0.2) is 17.7 Å². The monoisotopic (exact) mass is 266 g/mol. The Bertz CT molecular complexity index is 672. The molecule has 0 spiro atoms. The third kappa shape index (κ3) is 2.43. The van der Waals surface area contributed by atoms with E-state index in [0.717, 1.165) is 28.0 Å². The maximum Gasteiger partial charge on any atom is 0.328 e. The molecule has 2 aromatic carbocycles. The highest BCUT2D eigenvalue weighted by atomic mass is 16.5. The smallest absolute Gasteiger partial charge is 0.328 e. The number of fused-ring (bicyclic) bond motifs is 1. The Balaban J connectivity index is 2.09. The molecule has 3 heteroatoms. The van der Waals surface area contributed by atoms with E-state index < -0.39 is 5.97 Å². The summed E-state index contributed by atoms with van der Waals surface area (Å²) in [5.74, 6) is -0.165. The Kier molecular flexibility index (Phi) is 3.25. The highest BCUT2D eigenvalue weighted by Crippen LogP contribution is 2.36. The minimum absolute atomic E-state index is 0.525. The molecule has 0 aromatic heterocycles. The number of carbonyl (C=O) groups is 1. The lowest BCUT2D eigenvalue weighted by molar-refractivity contribution is -0.131. The lowest BCUT2D eigenvalue weighted by Gasteiger charge is -2.20. The molecule has 3 nitrogen and oxygen atoms in total. The van der Waals surface area contributed by atoms with Crippen LogP contribution in [0.1, 0.15) is 12.0 Å². The standard InChI is InChI=1S/C17H14O3/c18-17(19)11-14-8-9-20-16-7-6-13(10-15(14)16)12-4-2-1-3-5-12/h1-7,10-11H,8-9H2,(H,18,19)/b14-11+. The molecule has 1 heterocycles. The molecule has 2 aromatic rings. The topological polar surface area (TPSA) is 46.5 Å². The minimum atomic E-state index is -0.919. The fraction of sp³-hybridized carbons (Fsp3) is 0.118. The number of carboxylic acids is 1. The van der Waals surface area contributed by atoms with Gasteiger partial charge in [0.1, 0.15) is 5.75 Å². The zero-order valence-corrected chi connectivity index (χ0v) is 10.9. The van der Waals surface area contributed by atoms with E-state index in [1.807, 2.05) is 48.5 Å². The summed E-state index contributed by atoms with van der Waals surface area (Å²) in [4.78, 5) is 10.9. The largest absolute Gasteiger partial charge is 0.493 e. The van der Waals surface area contributed by atoms with Crippen LogP contribution in [0.2, 0.25) is 0 Å². The summed E-state index contributed by atoms with van der Waals surface area (Å²) >= 11 is 0. The van der Waals surface area contributed by atoms with Crippen LogP contribution in [0, 0.1) is 0 Å². The summed E-state index contributed by atoms with van der Waals surface area (Å²) in [5, 5.41) is 8.96. The number of aliphatic carboxylic acids is 1. The molecule has 0 amide bonds. The van der Waals surface area contributed by atoms with E-state index in [1.54, 1.807) is 0 Å². The third-order valence-electron chi connectivity index (χ3n) is 3.36. The number of ether oxygens (including phenoxy) is 1. The fourth-order valence-electron chi connectivity index (χ4n) is 2.42. The molecule has 3 rings (SSSR count). The highest BCUT2D eigenvalue weighted by molar-refractivity contribution is 5.92. The van der Waals surface area contributed by atoms with Crippen molar-refractivity contribution >= 4 is 11.5 Å². The van der Waals surface area contributed by atoms with Gasteiger partial charge in [-0.1, -0.05) is 36.4 Å². The Morgan fingerprint density at radius 1 is 1.10 bits per heavy atom. The molecule has 0 saturated carbocycles. The molecule has 1 N–H and O–H groups in total. The number of hydrogen-bond acceptors (Lipinski definition) is 2. The van der Waals surface area contributed by atoms with Gasteiger partial charge in [-0.2, -0.15) is 0 Å². The number of rotatable bonds is 2. The van der Waals surface area contributed by atoms with Crippen molar-refractivity contribution in [2.45, 2.75) is 6.42 Å². The van der Waals surface area contributed by atoms with E-state index in [0.29, 0.717) is 13.0 Å². The molecular formula is C17H14O3. The van der Waals surface area contributed by atoms with Gasteiger partial charge in [-0.05, 0) is 28.8 Å². The molecule has 0 bridgehead atoms. The van der Waals surface area contributed by atoms with Gasteiger partial charge >= 0.3 is 5.97 Å². The highest BCUT2D eigenvalue weighted by Gasteiger charge is 2.17. The molecule has 1 aliphatic rings. The molecular weight excluding hydrogens is 252 g/mol. The summed E-state index contributed by atoms with van der Waals surface area (Å²) in [6.45, 7) is 0.525. The van der Waals surface area contributed by atoms with Crippen molar-refractivity contribution in [3.05, 3.63) is 60.2 Å². The summed E-state index contributed by atoms with van der Waals surface area (Å²) in [6, 6.07) is 15.9. The van der Waals surface area contributed by atoms with Crippen LogP contribution in [0.15, 0.2) is 54.6 Å². The van der Waals surface area contributed by atoms with Gasteiger partial charge in [0.15, 0.2) is 0 Å². The Labute approximate surface area is 117 Å². The molecule has 1 aliphatic heterocycles. The molecule has 20 heavy (non-hydrogen) atoms. The van der Waals surface area contributed by atoms with E-state index in [2.05, 4.69) is 0 Å². The molecule has 0 radical (unpaired) electrons. The van der Waals surface area contributed by atoms with Crippen LogP contribution >= 0.6 is 0 Å². The first-order valence-corrected chi connectivity index (χ1v) is 6.50. The Hall–Kier alpha value is -2.55. The van der Waals surface area contributed by atoms with E-state index in [-0.39, 0.29) is 0 Å². The predicted molar refractivity (Wildman–Crippen MR) is 77.6 cm³/mol. The SMILES string of the molecule is O=C(O)/C=C1\CCOc2ccc(-c3ccccc3)cc21. The Morgan fingerprint density at radius 2 is 1.90 bits per heavy atom. The van der Waals surface area contributed by atoms with E-state index in [4.69, 9.17) is 9.84 Å². The van der Waals surface area contributed by atoms with Crippen molar-refractivity contribution in [1.82, 2.24) is 0 Å². The molecule has 0 fully saturated rings. The normalized spacial score (nSPS) is 15.5. The van der Waals surface area contributed by atoms with Crippen molar-refractivity contribution in [1.29, 1.82) is 0 Å². The zero-order valence-electron chi connectivity index (χ0n) is 10.9. The number of carboxylic acid groups (broad SMARTS) is 1. The van der Waals surface area contributed by atoms with E-state index in [1.165, 1.54) is 6.08 Å². The molecule has 0 atom stereocenters. The van der Waals surface area contributed by atoms with Crippen molar-refractivity contribution in [2.75, 3.05) is 6.61 Å². The second kappa shape index (κ2) is 5.21. The van der Waals surface area contributed by atoms with E-state index in [9.17, 15) is 4.79 Å². The van der Waals surface area contributed by atoms with Crippen LogP contribution in [0.3, 0.4) is 0 Å². The summed E-state index contributed by atoms with van der Waals surface area (Å²) in [7, 11) is 0. The minimum Gasteiger partial charge on any atom is -0.493 e. The predicted octanol–water partition coefficient (Wildman–Crippen LogP) is 3.60. The molecule has 100 valence electrons. The maximum absolute atomic E-state index is 10.9. The first-order valence-electron chi connectivity index (χ1n) is 6.50. The first-order chi connectivity index (χ1) is 9.74. The zero-order chi connectivity index (χ0) is 13.9. The lowest BCUT2D eigenvalue weighted by atomic mass is 9.95.